The SMILES string of the molecule is C=C(C)[C@@H]1CC[C@]2(C)CC[C@]3(C)[C@H](C(=O)C[C@@H]4[C@@]5(C)CC[C@H](OC(C)=O)C(C)(C)[C@@H]5CC[C@]43C)[C@@H]12. The lowest BCUT2D eigenvalue weighted by Gasteiger charge is -2.72. The lowest BCUT2D eigenvalue weighted by molar-refractivity contribution is -0.241. The van der Waals surface area contributed by atoms with E-state index in [1.165, 1.54) is 44.1 Å². The van der Waals surface area contributed by atoms with Crippen LogP contribution < -0.4 is 0 Å². The van der Waals surface area contributed by atoms with Crippen LogP contribution in [0.25, 0.3) is 0 Å². The molecule has 0 unspecified atom stereocenters. The van der Waals surface area contributed by atoms with E-state index in [-0.39, 0.29) is 45.1 Å². The predicted octanol–water partition coefficient (Wildman–Crippen LogP) is 7.77. The van der Waals surface area contributed by atoms with E-state index in [0.717, 1.165) is 19.3 Å². The summed E-state index contributed by atoms with van der Waals surface area (Å²) in [6, 6.07) is 0. The minimum Gasteiger partial charge on any atom is -0.462 e. The van der Waals surface area contributed by atoms with Crippen molar-refractivity contribution in [2.75, 3.05) is 0 Å². The van der Waals surface area contributed by atoms with Gasteiger partial charge in [0, 0.05) is 24.7 Å². The Bertz CT molecular complexity index is 948. The molecule has 0 radical (unpaired) electrons. The van der Waals surface area contributed by atoms with Crippen molar-refractivity contribution in [2.45, 2.75) is 119 Å². The van der Waals surface area contributed by atoms with Gasteiger partial charge in [0.05, 0.1) is 0 Å². The number of ketones is 1. The second-order valence-corrected chi connectivity index (χ2v) is 15.3. The fourth-order valence-corrected chi connectivity index (χ4v) is 11.5. The average Bonchev–Trinajstić information content (AvgIpc) is 3.09. The Labute approximate surface area is 214 Å². The molecule has 5 aliphatic rings. The number of hydrogen-bond acceptors (Lipinski definition) is 3. The number of esters is 1. The van der Waals surface area contributed by atoms with Gasteiger partial charge in [-0.2, -0.15) is 0 Å². The summed E-state index contributed by atoms with van der Waals surface area (Å²) in [5, 5.41) is 0. The number of ether oxygens (including phenoxy) is 1. The lowest BCUT2D eigenvalue weighted by Crippen LogP contribution is -2.68. The van der Waals surface area contributed by atoms with Crippen molar-refractivity contribution < 1.29 is 14.3 Å². The molecule has 196 valence electrons. The smallest absolute Gasteiger partial charge is 0.302 e. The van der Waals surface area contributed by atoms with Crippen molar-refractivity contribution in [1.82, 2.24) is 0 Å². The van der Waals surface area contributed by atoms with Crippen LogP contribution in [-0.4, -0.2) is 17.9 Å². The van der Waals surface area contributed by atoms with Gasteiger partial charge in [-0.25, -0.2) is 0 Å². The van der Waals surface area contributed by atoms with Crippen molar-refractivity contribution >= 4 is 11.8 Å². The molecule has 0 aromatic carbocycles. The van der Waals surface area contributed by atoms with Gasteiger partial charge in [0.1, 0.15) is 11.9 Å². The molecule has 5 saturated carbocycles. The molecule has 0 saturated heterocycles. The van der Waals surface area contributed by atoms with Gasteiger partial charge >= 0.3 is 5.97 Å². The molecule has 3 nitrogen and oxygen atoms in total. The van der Waals surface area contributed by atoms with Gasteiger partial charge < -0.3 is 4.74 Å². The molecule has 0 aromatic heterocycles. The Morgan fingerprint density at radius 1 is 0.857 bits per heavy atom. The summed E-state index contributed by atoms with van der Waals surface area (Å²) in [6.45, 7) is 22.9. The molecular formula is C32H50O3. The number of allylic oxidation sites excluding steroid dienone is 1. The minimum absolute atomic E-state index is 0.0183. The Morgan fingerprint density at radius 2 is 1.54 bits per heavy atom. The second kappa shape index (κ2) is 7.70. The topological polar surface area (TPSA) is 43.4 Å². The third kappa shape index (κ3) is 3.21. The number of carbonyl (C=O) groups excluding carboxylic acids is 2. The van der Waals surface area contributed by atoms with Gasteiger partial charge in [-0.1, -0.05) is 53.7 Å². The predicted molar refractivity (Wildman–Crippen MR) is 141 cm³/mol. The molecular weight excluding hydrogens is 432 g/mol. The van der Waals surface area contributed by atoms with Crippen LogP contribution in [0.15, 0.2) is 12.2 Å². The summed E-state index contributed by atoms with van der Waals surface area (Å²) in [4.78, 5) is 26.3. The zero-order valence-corrected chi connectivity index (χ0v) is 23.8. The number of hydrogen-bond donors (Lipinski definition) is 0. The maximum Gasteiger partial charge on any atom is 0.302 e. The number of fused-ring (bicyclic) bond motifs is 7. The quantitative estimate of drug-likeness (QED) is 0.298. The first-order valence-corrected chi connectivity index (χ1v) is 14.5. The van der Waals surface area contributed by atoms with E-state index in [1.807, 2.05) is 0 Å². The molecule has 0 amide bonds. The molecule has 5 fully saturated rings. The Hall–Kier alpha value is -1.12. The summed E-state index contributed by atoms with van der Waals surface area (Å²) in [5.74, 6) is 2.42. The largest absolute Gasteiger partial charge is 0.462 e. The number of rotatable bonds is 2. The van der Waals surface area contributed by atoms with E-state index < -0.39 is 0 Å². The first-order chi connectivity index (χ1) is 16.1. The van der Waals surface area contributed by atoms with Gasteiger partial charge in [0.15, 0.2) is 0 Å². The van der Waals surface area contributed by atoms with Gasteiger partial charge in [0.2, 0.25) is 0 Å². The highest BCUT2D eigenvalue weighted by Gasteiger charge is 2.72. The van der Waals surface area contributed by atoms with Gasteiger partial charge in [-0.15, -0.1) is 0 Å². The van der Waals surface area contributed by atoms with Crippen molar-refractivity contribution in [1.29, 1.82) is 0 Å². The van der Waals surface area contributed by atoms with Crippen molar-refractivity contribution in [3.63, 3.8) is 0 Å². The molecule has 3 heteroatoms. The van der Waals surface area contributed by atoms with Gasteiger partial charge in [-0.05, 0) is 104 Å². The third-order valence-electron chi connectivity index (χ3n) is 13.5. The molecule has 0 bridgehead atoms. The highest BCUT2D eigenvalue weighted by atomic mass is 16.5. The summed E-state index contributed by atoms with van der Waals surface area (Å²) < 4.78 is 5.87. The van der Waals surface area contributed by atoms with E-state index in [1.54, 1.807) is 6.92 Å². The van der Waals surface area contributed by atoms with E-state index in [4.69, 9.17) is 4.74 Å². The van der Waals surface area contributed by atoms with Crippen LogP contribution in [0.5, 0.6) is 0 Å². The van der Waals surface area contributed by atoms with Gasteiger partial charge in [-0.3, -0.25) is 9.59 Å². The van der Waals surface area contributed by atoms with Crippen LogP contribution in [-0.2, 0) is 14.3 Å². The average molecular weight is 483 g/mol. The summed E-state index contributed by atoms with van der Waals surface area (Å²) in [7, 11) is 0. The molecule has 10 atom stereocenters. The first-order valence-electron chi connectivity index (χ1n) is 14.5. The van der Waals surface area contributed by atoms with Gasteiger partial charge in [0.25, 0.3) is 0 Å². The summed E-state index contributed by atoms with van der Waals surface area (Å²) in [6.07, 6.45) is 9.97. The normalized spacial score (nSPS) is 52.5. The fraction of sp³-hybridized carbons (Fsp3) is 0.875. The van der Waals surface area contributed by atoms with Crippen LogP contribution in [0, 0.1) is 56.7 Å². The molecule has 0 aliphatic heterocycles. The van der Waals surface area contributed by atoms with Crippen molar-refractivity contribution in [2.24, 2.45) is 56.7 Å². The Balaban J connectivity index is 1.55. The third-order valence-corrected chi connectivity index (χ3v) is 13.5. The fourth-order valence-electron chi connectivity index (χ4n) is 11.5. The summed E-state index contributed by atoms with van der Waals surface area (Å²) in [5.41, 5.74) is 1.86. The maximum atomic E-state index is 14.4. The van der Waals surface area contributed by atoms with Crippen LogP contribution in [0.1, 0.15) is 113 Å². The molecule has 0 spiro atoms. The van der Waals surface area contributed by atoms with Crippen LogP contribution in [0.2, 0.25) is 0 Å². The van der Waals surface area contributed by atoms with E-state index in [0.29, 0.717) is 29.5 Å². The van der Waals surface area contributed by atoms with E-state index in [2.05, 4.69) is 55.0 Å². The lowest BCUT2D eigenvalue weighted by atomic mass is 9.32. The van der Waals surface area contributed by atoms with Crippen LogP contribution >= 0.6 is 0 Å². The van der Waals surface area contributed by atoms with Crippen LogP contribution in [0.3, 0.4) is 0 Å². The summed E-state index contributed by atoms with van der Waals surface area (Å²) >= 11 is 0. The number of Topliss-reactive ketones (excluding diaryl/α,β-unsaturated/α-hetero) is 1. The van der Waals surface area contributed by atoms with Crippen molar-refractivity contribution in [3.05, 3.63) is 12.2 Å². The molecule has 5 aliphatic carbocycles. The zero-order chi connectivity index (χ0) is 25.8. The van der Waals surface area contributed by atoms with E-state index >= 15 is 0 Å². The van der Waals surface area contributed by atoms with E-state index in [9.17, 15) is 9.59 Å². The Morgan fingerprint density at radius 3 is 2.17 bits per heavy atom. The molecule has 35 heavy (non-hydrogen) atoms. The monoisotopic (exact) mass is 482 g/mol. The first kappa shape index (κ1) is 25.5. The highest BCUT2D eigenvalue weighted by Crippen LogP contribution is 2.76. The molecule has 5 rings (SSSR count). The molecule has 0 aromatic rings. The second-order valence-electron chi connectivity index (χ2n) is 15.3. The number of carbonyl (C=O) groups is 2. The maximum absolute atomic E-state index is 14.4. The van der Waals surface area contributed by atoms with Crippen molar-refractivity contribution in [3.8, 4) is 0 Å². The zero-order valence-electron chi connectivity index (χ0n) is 23.8. The minimum atomic E-state index is -0.163. The molecule has 0 heterocycles. The standard InChI is InChI=1S/C32H50O3/c1-19(2)21-10-13-29(6)16-17-32(9)27(26(21)29)22(34)18-24-30(7)14-12-25(35-20(3)33)28(4,5)23(30)11-15-31(24,32)8/h21,23-27H,1,10-18H2,2-9H3/t21-,23-,24+,25-,26+,27+,29+,30-,31+,32+/m0/s1. The van der Waals surface area contributed by atoms with Crippen LogP contribution in [0.4, 0.5) is 0 Å². The highest BCUT2D eigenvalue weighted by molar-refractivity contribution is 5.84. The molecule has 0 N–H and O–H groups in total. The Kier molecular flexibility index (Phi) is 5.62.